The summed E-state index contributed by atoms with van der Waals surface area (Å²) in [6, 6.07) is 11.2. The van der Waals surface area contributed by atoms with Crippen molar-refractivity contribution < 1.29 is 4.39 Å². The molecule has 1 aliphatic heterocycles. The van der Waals surface area contributed by atoms with Crippen molar-refractivity contribution in [1.29, 1.82) is 0 Å². The van der Waals surface area contributed by atoms with E-state index in [1.165, 1.54) is 30.5 Å². The van der Waals surface area contributed by atoms with Crippen LogP contribution >= 0.6 is 0 Å². The third-order valence-corrected chi connectivity index (χ3v) is 6.55. The molecule has 3 heterocycles. The van der Waals surface area contributed by atoms with Crippen LogP contribution in [0.25, 0.3) is 0 Å². The lowest BCUT2D eigenvalue weighted by Gasteiger charge is -2.39. The molecule has 1 aliphatic carbocycles. The fraction of sp³-hybridized carbons (Fsp3) is 0.478. The second kappa shape index (κ2) is 9.20. The predicted molar refractivity (Wildman–Crippen MR) is 115 cm³/mol. The Morgan fingerprint density at radius 1 is 0.935 bits per heavy atom. The van der Waals surface area contributed by atoms with Gasteiger partial charge in [0, 0.05) is 45.1 Å². The quantitative estimate of drug-likeness (QED) is 0.609. The Morgan fingerprint density at radius 2 is 1.65 bits per heavy atom. The Kier molecular flexibility index (Phi) is 5.99. The lowest BCUT2D eigenvalue weighted by molar-refractivity contribution is 0.0993. The molecule has 2 fully saturated rings. The number of nitrogens with zero attached hydrogens (tertiary/aromatic N) is 7. The number of benzene rings is 1. The van der Waals surface area contributed by atoms with E-state index >= 15 is 0 Å². The molecular formula is C23H28FN7. The summed E-state index contributed by atoms with van der Waals surface area (Å²) < 4.78 is 15.7. The van der Waals surface area contributed by atoms with Gasteiger partial charge in [-0.25, -0.2) is 9.07 Å². The molecule has 0 unspecified atom stereocenters. The molecule has 0 amide bonds. The van der Waals surface area contributed by atoms with E-state index in [4.69, 9.17) is 0 Å². The lowest BCUT2D eigenvalue weighted by atomic mass is 10.0. The molecule has 31 heavy (non-hydrogen) atoms. The highest BCUT2D eigenvalue weighted by Gasteiger charge is 2.33. The summed E-state index contributed by atoms with van der Waals surface area (Å²) >= 11 is 0. The van der Waals surface area contributed by atoms with Gasteiger partial charge < -0.3 is 0 Å². The molecular weight excluding hydrogens is 393 g/mol. The smallest absolute Gasteiger partial charge is 0.173 e. The van der Waals surface area contributed by atoms with E-state index in [-0.39, 0.29) is 11.9 Å². The first-order valence-electron chi connectivity index (χ1n) is 11.2. The summed E-state index contributed by atoms with van der Waals surface area (Å²) in [5.41, 5.74) is 2.32. The number of tetrazole rings is 1. The van der Waals surface area contributed by atoms with Crippen LogP contribution in [0, 0.1) is 5.82 Å². The fourth-order valence-electron chi connectivity index (χ4n) is 4.88. The molecule has 0 radical (unpaired) electrons. The molecule has 0 bridgehead atoms. The topological polar surface area (TPSA) is 63.0 Å². The summed E-state index contributed by atoms with van der Waals surface area (Å²) in [6.45, 7) is 4.67. The van der Waals surface area contributed by atoms with E-state index in [2.05, 4.69) is 42.4 Å². The molecule has 162 valence electrons. The summed E-state index contributed by atoms with van der Waals surface area (Å²) in [6.07, 6.45) is 8.37. The number of halogens is 1. The summed E-state index contributed by atoms with van der Waals surface area (Å²) in [5, 5.41) is 12.9. The molecule has 2 aromatic heterocycles. The second-order valence-electron chi connectivity index (χ2n) is 8.54. The molecule has 3 aromatic rings. The SMILES string of the molecule is Fc1ccc([C@H](c2nnnn2C2CCCC2)N2CCN(Cc3ccncc3)CC2)cc1. The highest BCUT2D eigenvalue weighted by molar-refractivity contribution is 5.26. The molecule has 1 saturated heterocycles. The number of rotatable bonds is 6. The van der Waals surface area contributed by atoms with Gasteiger partial charge in [0.15, 0.2) is 5.82 Å². The number of aromatic nitrogens is 5. The van der Waals surface area contributed by atoms with Gasteiger partial charge in [-0.1, -0.05) is 25.0 Å². The van der Waals surface area contributed by atoms with E-state index in [9.17, 15) is 4.39 Å². The molecule has 2 aliphatic rings. The Hall–Kier alpha value is -2.71. The van der Waals surface area contributed by atoms with Crippen LogP contribution in [0.4, 0.5) is 4.39 Å². The zero-order valence-electron chi connectivity index (χ0n) is 17.6. The normalized spacial score (nSPS) is 19.6. The summed E-state index contributed by atoms with van der Waals surface area (Å²) in [7, 11) is 0. The van der Waals surface area contributed by atoms with Crippen molar-refractivity contribution in [1.82, 2.24) is 35.0 Å². The van der Waals surface area contributed by atoms with Crippen molar-refractivity contribution in [3.8, 4) is 0 Å². The van der Waals surface area contributed by atoms with Gasteiger partial charge in [0.2, 0.25) is 0 Å². The predicted octanol–water partition coefficient (Wildman–Crippen LogP) is 3.23. The Labute approximate surface area is 181 Å². The van der Waals surface area contributed by atoms with Crippen LogP contribution in [0.1, 0.15) is 54.7 Å². The minimum absolute atomic E-state index is 0.0701. The molecule has 1 atom stereocenters. The number of piperazine rings is 1. The average Bonchev–Trinajstić information content (AvgIpc) is 3.49. The fourth-order valence-corrected chi connectivity index (χ4v) is 4.88. The zero-order chi connectivity index (χ0) is 21.0. The monoisotopic (exact) mass is 421 g/mol. The van der Waals surface area contributed by atoms with Gasteiger partial charge in [-0.15, -0.1) is 5.10 Å². The molecule has 0 spiro atoms. The van der Waals surface area contributed by atoms with Gasteiger partial charge in [0.25, 0.3) is 0 Å². The van der Waals surface area contributed by atoms with E-state index in [1.807, 2.05) is 29.2 Å². The minimum atomic E-state index is -0.222. The number of hydrogen-bond acceptors (Lipinski definition) is 6. The zero-order valence-corrected chi connectivity index (χ0v) is 17.6. The van der Waals surface area contributed by atoms with Gasteiger partial charge in [-0.05, 0) is 58.7 Å². The van der Waals surface area contributed by atoms with Crippen LogP contribution in [-0.4, -0.2) is 61.2 Å². The van der Waals surface area contributed by atoms with Crippen molar-refractivity contribution >= 4 is 0 Å². The first-order valence-corrected chi connectivity index (χ1v) is 11.2. The summed E-state index contributed by atoms with van der Waals surface area (Å²) in [4.78, 5) is 9.01. The van der Waals surface area contributed by atoms with E-state index in [0.29, 0.717) is 6.04 Å². The molecule has 7 nitrogen and oxygen atoms in total. The van der Waals surface area contributed by atoms with Crippen molar-refractivity contribution in [3.05, 3.63) is 71.6 Å². The average molecular weight is 422 g/mol. The molecule has 5 rings (SSSR count). The van der Waals surface area contributed by atoms with Crippen LogP contribution in [0.2, 0.25) is 0 Å². The Bertz CT molecular complexity index is 961. The Morgan fingerprint density at radius 3 is 2.35 bits per heavy atom. The third kappa shape index (κ3) is 4.50. The minimum Gasteiger partial charge on any atom is -0.297 e. The first-order chi connectivity index (χ1) is 15.3. The van der Waals surface area contributed by atoms with Crippen LogP contribution in [0.15, 0.2) is 48.8 Å². The van der Waals surface area contributed by atoms with Crippen LogP contribution in [0.3, 0.4) is 0 Å². The van der Waals surface area contributed by atoms with E-state index in [0.717, 1.165) is 57.0 Å². The maximum atomic E-state index is 13.6. The van der Waals surface area contributed by atoms with Crippen LogP contribution in [0.5, 0.6) is 0 Å². The second-order valence-corrected chi connectivity index (χ2v) is 8.54. The van der Waals surface area contributed by atoms with Crippen LogP contribution < -0.4 is 0 Å². The van der Waals surface area contributed by atoms with Gasteiger partial charge in [-0.2, -0.15) is 0 Å². The standard InChI is InChI=1S/C23H28FN7/c24-20-7-5-19(6-8-20)22(23-26-27-28-31(23)21-3-1-2-4-21)30-15-13-29(14-16-30)17-18-9-11-25-12-10-18/h5-12,21-22H,1-4,13-17H2/t22-/m1/s1. The van der Waals surface area contributed by atoms with E-state index < -0.39 is 0 Å². The first kappa shape index (κ1) is 20.2. The Balaban J connectivity index is 1.37. The molecule has 1 saturated carbocycles. The van der Waals surface area contributed by atoms with Gasteiger partial charge >= 0.3 is 0 Å². The largest absolute Gasteiger partial charge is 0.297 e. The number of hydrogen-bond donors (Lipinski definition) is 0. The van der Waals surface area contributed by atoms with Crippen molar-refractivity contribution in [3.63, 3.8) is 0 Å². The van der Waals surface area contributed by atoms with Crippen molar-refractivity contribution in [2.75, 3.05) is 26.2 Å². The van der Waals surface area contributed by atoms with Crippen LogP contribution in [-0.2, 0) is 6.54 Å². The molecule has 0 N–H and O–H groups in total. The van der Waals surface area contributed by atoms with Gasteiger partial charge in [0.05, 0.1) is 12.1 Å². The highest BCUT2D eigenvalue weighted by atomic mass is 19.1. The van der Waals surface area contributed by atoms with E-state index in [1.54, 1.807) is 0 Å². The third-order valence-electron chi connectivity index (χ3n) is 6.55. The maximum absolute atomic E-state index is 13.6. The van der Waals surface area contributed by atoms with Crippen molar-refractivity contribution in [2.45, 2.75) is 44.3 Å². The maximum Gasteiger partial charge on any atom is 0.173 e. The van der Waals surface area contributed by atoms with Gasteiger partial charge in [0.1, 0.15) is 5.82 Å². The molecule has 1 aromatic carbocycles. The highest BCUT2D eigenvalue weighted by Crippen LogP contribution is 2.34. The lowest BCUT2D eigenvalue weighted by Crippen LogP contribution is -2.48. The molecule has 8 heteroatoms. The van der Waals surface area contributed by atoms with Gasteiger partial charge in [-0.3, -0.25) is 14.8 Å². The summed E-state index contributed by atoms with van der Waals surface area (Å²) in [5.74, 6) is 0.654. The van der Waals surface area contributed by atoms with Crippen molar-refractivity contribution in [2.24, 2.45) is 0 Å². The number of pyridine rings is 1.